The van der Waals surface area contributed by atoms with Crippen LogP contribution in [-0.2, 0) is 11.3 Å². The molecule has 2 aromatic rings. The summed E-state index contributed by atoms with van der Waals surface area (Å²) in [6.07, 6.45) is 0. The van der Waals surface area contributed by atoms with Crippen molar-refractivity contribution in [2.75, 3.05) is 13.2 Å². The maximum atomic E-state index is 12.7. The predicted molar refractivity (Wildman–Crippen MR) is 103 cm³/mol. The Morgan fingerprint density at radius 1 is 1.23 bits per heavy atom. The molecule has 2 unspecified atom stereocenters. The zero-order chi connectivity index (χ0) is 18.5. The Labute approximate surface area is 163 Å². The van der Waals surface area contributed by atoms with Crippen LogP contribution >= 0.6 is 23.2 Å². The highest BCUT2D eigenvalue weighted by molar-refractivity contribution is 6.32. The van der Waals surface area contributed by atoms with Crippen molar-refractivity contribution in [2.24, 2.45) is 5.92 Å². The second-order valence-electron chi connectivity index (χ2n) is 6.04. The van der Waals surface area contributed by atoms with Crippen molar-refractivity contribution >= 4 is 29.1 Å². The maximum absolute atomic E-state index is 12.7. The van der Waals surface area contributed by atoms with E-state index >= 15 is 0 Å². The summed E-state index contributed by atoms with van der Waals surface area (Å²) in [4.78, 5) is 12.7. The number of carbonyl (C=O) groups excluding carboxylic acids is 1. The minimum absolute atomic E-state index is 0.0440. The molecule has 0 spiro atoms. The fourth-order valence-electron chi connectivity index (χ4n) is 3.00. The molecule has 2 atom stereocenters. The van der Waals surface area contributed by atoms with Crippen molar-refractivity contribution in [1.82, 2.24) is 16.2 Å². The van der Waals surface area contributed by atoms with Gasteiger partial charge in [0.2, 0.25) is 5.91 Å². The topological polar surface area (TPSA) is 62.4 Å². The van der Waals surface area contributed by atoms with Crippen molar-refractivity contribution in [3.05, 3.63) is 63.6 Å². The monoisotopic (exact) mass is 393 g/mol. The molecule has 1 aliphatic rings. The van der Waals surface area contributed by atoms with E-state index in [2.05, 4.69) is 16.2 Å². The lowest BCUT2D eigenvalue weighted by Gasteiger charge is -2.19. The van der Waals surface area contributed by atoms with E-state index in [0.29, 0.717) is 35.5 Å². The van der Waals surface area contributed by atoms with Crippen LogP contribution in [0.2, 0.25) is 10.0 Å². The van der Waals surface area contributed by atoms with Crippen LogP contribution < -0.4 is 20.9 Å². The largest absolute Gasteiger partial charge is 0.492 e. The summed E-state index contributed by atoms with van der Waals surface area (Å²) in [5.41, 5.74) is 8.04. The quantitative estimate of drug-likeness (QED) is 0.702. The van der Waals surface area contributed by atoms with Gasteiger partial charge in [0.25, 0.3) is 0 Å². The molecule has 138 valence electrons. The summed E-state index contributed by atoms with van der Waals surface area (Å²) < 4.78 is 5.47. The highest BCUT2D eigenvalue weighted by Gasteiger charge is 2.34. The van der Waals surface area contributed by atoms with Gasteiger partial charge in [-0.2, -0.15) is 0 Å². The van der Waals surface area contributed by atoms with Crippen molar-refractivity contribution < 1.29 is 9.53 Å². The van der Waals surface area contributed by atoms with Crippen LogP contribution in [0, 0.1) is 5.92 Å². The molecule has 1 heterocycles. The van der Waals surface area contributed by atoms with E-state index in [1.54, 1.807) is 0 Å². The van der Waals surface area contributed by atoms with E-state index in [0.717, 1.165) is 11.1 Å². The number of ether oxygens (including phenoxy) is 1. The number of rotatable bonds is 6. The summed E-state index contributed by atoms with van der Waals surface area (Å²) in [6.45, 7) is 3.39. The summed E-state index contributed by atoms with van der Waals surface area (Å²) in [5.74, 6) is 0.340. The lowest BCUT2D eigenvalue weighted by molar-refractivity contribution is -0.125. The Kier molecular flexibility index (Phi) is 6.38. The minimum Gasteiger partial charge on any atom is -0.492 e. The van der Waals surface area contributed by atoms with Gasteiger partial charge in [-0.05, 0) is 36.2 Å². The van der Waals surface area contributed by atoms with Crippen LogP contribution in [0.5, 0.6) is 5.75 Å². The van der Waals surface area contributed by atoms with Crippen molar-refractivity contribution in [3.8, 4) is 5.75 Å². The van der Waals surface area contributed by atoms with Crippen molar-refractivity contribution in [1.29, 1.82) is 0 Å². The minimum atomic E-state index is -0.258. The Morgan fingerprint density at radius 3 is 2.77 bits per heavy atom. The molecule has 3 rings (SSSR count). The second kappa shape index (κ2) is 8.73. The first-order chi connectivity index (χ1) is 12.6. The molecule has 0 aliphatic carbocycles. The summed E-state index contributed by atoms with van der Waals surface area (Å²) in [7, 11) is 0. The van der Waals surface area contributed by atoms with Gasteiger partial charge >= 0.3 is 0 Å². The van der Waals surface area contributed by atoms with Crippen molar-refractivity contribution in [2.45, 2.75) is 19.5 Å². The first-order valence-electron chi connectivity index (χ1n) is 8.52. The molecule has 1 aliphatic heterocycles. The molecule has 0 radical (unpaired) electrons. The number of hydrogen-bond donors (Lipinski definition) is 3. The second-order valence-corrected chi connectivity index (χ2v) is 6.86. The Balaban J connectivity index is 1.68. The third-order valence-corrected chi connectivity index (χ3v) is 5.01. The van der Waals surface area contributed by atoms with Gasteiger partial charge < -0.3 is 10.1 Å². The zero-order valence-electron chi connectivity index (χ0n) is 14.4. The van der Waals surface area contributed by atoms with Crippen LogP contribution in [0.3, 0.4) is 0 Å². The number of halogens is 2. The third-order valence-electron chi connectivity index (χ3n) is 4.34. The highest BCUT2D eigenvalue weighted by Crippen LogP contribution is 2.32. The van der Waals surface area contributed by atoms with Crippen molar-refractivity contribution in [3.63, 3.8) is 0 Å². The number of hydrogen-bond acceptors (Lipinski definition) is 4. The normalized spacial score (nSPS) is 19.3. The molecule has 1 amide bonds. The van der Waals surface area contributed by atoms with Gasteiger partial charge in [0.05, 0.1) is 23.6 Å². The molecule has 0 saturated carbocycles. The smallest absolute Gasteiger partial charge is 0.226 e. The van der Waals surface area contributed by atoms with E-state index < -0.39 is 0 Å². The molecule has 5 nitrogen and oxygen atoms in total. The molecule has 7 heteroatoms. The number of amides is 1. The molecular formula is C19H21Cl2N3O2. The van der Waals surface area contributed by atoms with Gasteiger partial charge in [-0.1, -0.05) is 47.5 Å². The molecule has 0 bridgehead atoms. The highest BCUT2D eigenvalue weighted by atomic mass is 35.5. The van der Waals surface area contributed by atoms with Crippen LogP contribution in [0.15, 0.2) is 42.5 Å². The number of nitrogens with one attached hydrogen (secondary N) is 3. The Morgan fingerprint density at radius 2 is 2.04 bits per heavy atom. The van der Waals surface area contributed by atoms with E-state index in [-0.39, 0.29) is 17.9 Å². The summed E-state index contributed by atoms with van der Waals surface area (Å²) in [5, 5.41) is 4.15. The average Bonchev–Trinajstić information content (AvgIpc) is 3.12. The van der Waals surface area contributed by atoms with Gasteiger partial charge in [0, 0.05) is 18.1 Å². The van der Waals surface area contributed by atoms with E-state index in [1.165, 1.54) is 0 Å². The lowest BCUT2D eigenvalue weighted by Crippen LogP contribution is -2.34. The predicted octanol–water partition coefficient (Wildman–Crippen LogP) is 3.47. The van der Waals surface area contributed by atoms with Gasteiger partial charge in [0.15, 0.2) is 0 Å². The van der Waals surface area contributed by atoms with Crippen LogP contribution in [0.4, 0.5) is 0 Å². The van der Waals surface area contributed by atoms with Crippen LogP contribution in [0.25, 0.3) is 0 Å². The molecule has 1 fully saturated rings. The van der Waals surface area contributed by atoms with Gasteiger partial charge in [-0.15, -0.1) is 0 Å². The molecule has 1 saturated heterocycles. The maximum Gasteiger partial charge on any atom is 0.226 e. The van der Waals surface area contributed by atoms with Crippen LogP contribution in [-0.4, -0.2) is 19.1 Å². The first-order valence-corrected chi connectivity index (χ1v) is 9.27. The van der Waals surface area contributed by atoms with Crippen LogP contribution in [0.1, 0.15) is 24.1 Å². The number of benzene rings is 2. The fourth-order valence-corrected chi connectivity index (χ4v) is 3.44. The standard InChI is InChI=1S/C19H21Cl2N3O2/c1-2-26-17-8-7-12(9-16(17)21)18-14(11-23-24-18)19(25)22-10-13-5-3-4-6-15(13)20/h3-9,14,18,23-24H,2,10-11H2,1H3,(H,22,25). The third kappa shape index (κ3) is 4.30. The molecule has 0 aromatic heterocycles. The van der Waals surface area contributed by atoms with E-state index in [4.69, 9.17) is 27.9 Å². The van der Waals surface area contributed by atoms with Gasteiger partial charge in [0.1, 0.15) is 5.75 Å². The zero-order valence-corrected chi connectivity index (χ0v) is 15.9. The summed E-state index contributed by atoms with van der Waals surface area (Å²) >= 11 is 12.4. The summed E-state index contributed by atoms with van der Waals surface area (Å²) in [6, 6.07) is 12.9. The Bertz CT molecular complexity index is 785. The van der Waals surface area contributed by atoms with E-state index in [9.17, 15) is 4.79 Å². The molecular weight excluding hydrogens is 373 g/mol. The lowest BCUT2D eigenvalue weighted by atomic mass is 9.94. The van der Waals surface area contributed by atoms with Gasteiger partial charge in [-0.25, -0.2) is 5.43 Å². The SMILES string of the molecule is CCOc1ccc(C2NNCC2C(=O)NCc2ccccc2Cl)cc1Cl. The molecule has 26 heavy (non-hydrogen) atoms. The fraction of sp³-hybridized carbons (Fsp3) is 0.316. The molecule has 3 N–H and O–H groups in total. The first kappa shape index (κ1) is 19.0. The molecule has 2 aromatic carbocycles. The van der Waals surface area contributed by atoms with Gasteiger partial charge in [-0.3, -0.25) is 10.2 Å². The number of hydrazine groups is 1. The van der Waals surface area contributed by atoms with E-state index in [1.807, 2.05) is 49.4 Å². The Hall–Kier alpha value is -1.79. The average molecular weight is 394 g/mol. The number of carbonyl (C=O) groups is 1.